The summed E-state index contributed by atoms with van der Waals surface area (Å²) in [7, 11) is 0. The van der Waals surface area contributed by atoms with Crippen molar-refractivity contribution in [3.05, 3.63) is 83.6 Å². The van der Waals surface area contributed by atoms with Crippen LogP contribution in [-0.4, -0.2) is 69.6 Å². The Kier molecular flexibility index (Phi) is 6.85. The Balaban J connectivity index is 1.04. The summed E-state index contributed by atoms with van der Waals surface area (Å²) in [6.45, 7) is 7.57. The number of hydrogen-bond donors (Lipinski definition) is 4. The number of nitrogens with two attached hydrogens (primary N) is 1. The van der Waals surface area contributed by atoms with Crippen molar-refractivity contribution in [3.8, 4) is 11.5 Å². The molecule has 5 aliphatic heterocycles. The second-order valence-corrected chi connectivity index (χ2v) is 13.0. The van der Waals surface area contributed by atoms with Gasteiger partial charge in [-0.1, -0.05) is 12.2 Å². The number of nitrogens with zero attached hydrogens (tertiary/aromatic N) is 4. The number of nitrogens with one attached hydrogen (secondary N) is 2. The first-order chi connectivity index (χ1) is 21.5. The van der Waals surface area contributed by atoms with E-state index < -0.39 is 0 Å². The molecule has 5 N–H and O–H groups in total. The Morgan fingerprint density at radius 2 is 2.18 bits per heavy atom. The summed E-state index contributed by atoms with van der Waals surface area (Å²) in [4.78, 5) is 11.5. The van der Waals surface area contributed by atoms with E-state index in [0.717, 1.165) is 58.8 Å². The number of aromatic hydroxyl groups is 1. The third kappa shape index (κ3) is 4.48. The fourth-order valence-electron chi connectivity index (χ4n) is 8.44. The highest BCUT2D eigenvalue weighted by Gasteiger charge is 2.49. The molecule has 9 nitrogen and oxygen atoms in total. The average Bonchev–Trinajstić information content (AvgIpc) is 3.80. The second-order valence-electron chi connectivity index (χ2n) is 13.0. The van der Waals surface area contributed by atoms with Crippen molar-refractivity contribution in [3.63, 3.8) is 0 Å². The fourth-order valence-corrected chi connectivity index (χ4v) is 8.44. The lowest BCUT2D eigenvalue weighted by Gasteiger charge is -2.35. The van der Waals surface area contributed by atoms with Crippen molar-refractivity contribution >= 4 is 22.8 Å². The van der Waals surface area contributed by atoms with Crippen LogP contribution in [0.15, 0.2) is 71.8 Å². The predicted octanol–water partition coefficient (Wildman–Crippen LogP) is 3.90. The van der Waals surface area contributed by atoms with Crippen molar-refractivity contribution in [1.82, 2.24) is 25.1 Å². The molecule has 7 heterocycles. The molecule has 0 radical (unpaired) electrons. The van der Waals surface area contributed by atoms with Crippen molar-refractivity contribution in [2.45, 2.75) is 63.4 Å². The zero-order valence-electron chi connectivity index (χ0n) is 25.4. The number of phenolic OH excluding ortho intramolecular Hbond substituents is 1. The number of phenols is 1. The second kappa shape index (κ2) is 10.9. The molecule has 3 aromatic rings. The molecule has 0 amide bonds. The van der Waals surface area contributed by atoms with Crippen LogP contribution in [0.1, 0.15) is 43.0 Å². The minimum absolute atomic E-state index is 0.00664. The van der Waals surface area contributed by atoms with Gasteiger partial charge in [0.05, 0.1) is 17.8 Å². The highest BCUT2D eigenvalue weighted by molar-refractivity contribution is 5.84. The first kappa shape index (κ1) is 27.6. The van der Waals surface area contributed by atoms with E-state index in [2.05, 4.69) is 74.4 Å². The largest absolute Gasteiger partial charge is 0.508 e. The molecule has 44 heavy (non-hydrogen) atoms. The zero-order chi connectivity index (χ0) is 29.9. The van der Waals surface area contributed by atoms with E-state index in [0.29, 0.717) is 42.6 Å². The van der Waals surface area contributed by atoms with Crippen LogP contribution in [0.2, 0.25) is 0 Å². The summed E-state index contributed by atoms with van der Waals surface area (Å²) < 4.78 is 8.57. The number of pyridine rings is 1. The van der Waals surface area contributed by atoms with E-state index in [-0.39, 0.29) is 18.1 Å². The van der Waals surface area contributed by atoms with Crippen LogP contribution in [0, 0.1) is 11.8 Å². The Morgan fingerprint density at radius 1 is 1.27 bits per heavy atom. The smallest absolute Gasteiger partial charge is 0.124 e. The van der Waals surface area contributed by atoms with Crippen LogP contribution in [0.4, 0.5) is 0 Å². The summed E-state index contributed by atoms with van der Waals surface area (Å²) >= 11 is 0. The van der Waals surface area contributed by atoms with Gasteiger partial charge in [0.15, 0.2) is 0 Å². The van der Waals surface area contributed by atoms with E-state index in [1.165, 1.54) is 12.1 Å². The Morgan fingerprint density at radius 3 is 3.07 bits per heavy atom. The fraction of sp³-hybridized carbons (Fsp3) is 0.429. The third-order valence-corrected chi connectivity index (χ3v) is 10.5. The topological polar surface area (TPSA) is 113 Å². The number of allylic oxidation sites excluding steroid dienone is 1. The minimum Gasteiger partial charge on any atom is -0.508 e. The molecule has 0 bridgehead atoms. The molecular weight excluding hydrogens is 550 g/mol. The molecule has 8 rings (SSSR count). The lowest BCUT2D eigenvalue weighted by Crippen LogP contribution is -2.47. The van der Waals surface area contributed by atoms with Gasteiger partial charge in [-0.2, -0.15) is 0 Å². The molecule has 2 fully saturated rings. The molecular formula is C35H41N7O2. The number of rotatable bonds is 6. The minimum atomic E-state index is -0.0571. The van der Waals surface area contributed by atoms with Gasteiger partial charge in [0.2, 0.25) is 0 Å². The van der Waals surface area contributed by atoms with E-state index in [4.69, 9.17) is 10.5 Å². The molecule has 0 spiro atoms. The number of hydrogen-bond acceptors (Lipinski definition) is 8. The van der Waals surface area contributed by atoms with E-state index >= 15 is 0 Å². The number of piperidine rings is 1. The third-order valence-electron chi connectivity index (χ3n) is 10.5. The standard InChI is InChI=1S/C35H41N7O2/c1-20(41-25(15-36)11-22-3-6-37-17-31(22)41)9-29-21(2)44-35-12-23(34(43)14-30(29)35)10-24-13-26(16-40-24)42-32-18-38-7-4-27(32)28-5-8-39-19-33(28)42/h3-4,6-7,9,11-14,17-18,21,24,27-29,32-33,39-40,43H,5,8,10,15-16,19,36H2,1-2H3/b20-9+. The molecule has 228 valence electrons. The maximum Gasteiger partial charge on any atom is 0.124 e. The number of likely N-dealkylation sites (tertiary alicyclic amines) is 1. The zero-order valence-corrected chi connectivity index (χ0v) is 25.4. The van der Waals surface area contributed by atoms with Gasteiger partial charge in [-0.05, 0) is 75.1 Å². The van der Waals surface area contributed by atoms with Gasteiger partial charge < -0.3 is 35.7 Å². The summed E-state index contributed by atoms with van der Waals surface area (Å²) in [5, 5.41) is 19.7. The molecule has 7 atom stereocenters. The van der Waals surface area contributed by atoms with Crippen LogP contribution in [0.5, 0.6) is 11.5 Å². The van der Waals surface area contributed by atoms with Crippen molar-refractivity contribution in [2.75, 3.05) is 19.6 Å². The molecule has 2 saturated heterocycles. The normalized spacial score (nSPS) is 30.8. The van der Waals surface area contributed by atoms with Crippen molar-refractivity contribution in [2.24, 2.45) is 22.6 Å². The summed E-state index contributed by atoms with van der Waals surface area (Å²) in [6, 6.07) is 9.04. The van der Waals surface area contributed by atoms with E-state index in [1.807, 2.05) is 36.8 Å². The van der Waals surface area contributed by atoms with Gasteiger partial charge in [-0.15, -0.1) is 0 Å². The van der Waals surface area contributed by atoms with Gasteiger partial charge in [0.1, 0.15) is 17.6 Å². The number of aromatic nitrogens is 2. The molecule has 5 aliphatic rings. The van der Waals surface area contributed by atoms with E-state index in [1.54, 1.807) is 0 Å². The lowest BCUT2D eigenvalue weighted by molar-refractivity contribution is 0.222. The van der Waals surface area contributed by atoms with Gasteiger partial charge in [0.25, 0.3) is 0 Å². The number of aliphatic imine (C=N–C) groups is 1. The first-order valence-corrected chi connectivity index (χ1v) is 16.0. The number of fused-ring (bicyclic) bond motifs is 5. The monoisotopic (exact) mass is 591 g/mol. The molecule has 7 unspecified atom stereocenters. The van der Waals surface area contributed by atoms with Crippen LogP contribution in [0.3, 0.4) is 0 Å². The Labute approximate surface area is 258 Å². The molecule has 2 aromatic heterocycles. The summed E-state index contributed by atoms with van der Waals surface area (Å²) in [5.74, 6) is 2.36. The summed E-state index contributed by atoms with van der Waals surface area (Å²) in [6.07, 6.45) is 16.6. The lowest BCUT2D eigenvalue weighted by atomic mass is 9.82. The molecule has 0 aliphatic carbocycles. The SMILES string of the molecule is C/C(=C\C1c2cc(O)c(CC3C=C(N4C5C=NC=CC5C5CCNCC54)CN3)cc2OC1C)n1c(CN)cc2ccncc21. The maximum absolute atomic E-state index is 11.3. The molecule has 9 heteroatoms. The van der Waals surface area contributed by atoms with E-state index in [9.17, 15) is 5.11 Å². The first-order valence-electron chi connectivity index (χ1n) is 16.0. The number of benzene rings is 1. The Hall–Kier alpha value is -3.92. The predicted molar refractivity (Wildman–Crippen MR) is 174 cm³/mol. The van der Waals surface area contributed by atoms with Crippen LogP contribution < -0.4 is 21.1 Å². The molecule has 1 aromatic carbocycles. The van der Waals surface area contributed by atoms with Crippen molar-refractivity contribution < 1.29 is 9.84 Å². The van der Waals surface area contributed by atoms with Crippen LogP contribution >= 0.6 is 0 Å². The van der Waals surface area contributed by atoms with Gasteiger partial charge in [-0.3, -0.25) is 9.98 Å². The van der Waals surface area contributed by atoms with Crippen LogP contribution in [-0.2, 0) is 13.0 Å². The molecule has 0 saturated carbocycles. The highest BCUT2D eigenvalue weighted by Crippen LogP contribution is 2.45. The van der Waals surface area contributed by atoms with Gasteiger partial charge >= 0.3 is 0 Å². The van der Waals surface area contributed by atoms with Gasteiger partial charge in [-0.25, -0.2) is 0 Å². The number of ether oxygens (including phenoxy) is 1. The summed E-state index contributed by atoms with van der Waals surface area (Å²) in [5.41, 5.74) is 12.5. The van der Waals surface area contributed by atoms with Crippen LogP contribution in [0.25, 0.3) is 16.6 Å². The van der Waals surface area contributed by atoms with Gasteiger partial charge in [0, 0.05) is 90.2 Å². The maximum atomic E-state index is 11.3. The average molecular weight is 592 g/mol. The Bertz CT molecular complexity index is 1720. The highest BCUT2D eigenvalue weighted by atomic mass is 16.5. The quantitative estimate of drug-likeness (QED) is 0.344. The van der Waals surface area contributed by atoms with Crippen molar-refractivity contribution in [1.29, 1.82) is 0 Å².